The van der Waals surface area contributed by atoms with Crippen LogP contribution in [0.3, 0.4) is 0 Å². The highest BCUT2D eigenvalue weighted by Gasteiger charge is 2.14. The number of rotatable bonds is 5. The van der Waals surface area contributed by atoms with Crippen LogP contribution >= 0.6 is 27.5 Å². The number of hydrogen-bond acceptors (Lipinski definition) is 2. The standard InChI is InChI=1S/C13H16BrClN2O/c1-9(15)13-16-11-5-4-10(14)8-12(11)17(13)6-3-7-18-2/h4-5,8-9H,3,6-7H2,1-2H3. The Bertz CT molecular complexity index is 539. The summed E-state index contributed by atoms with van der Waals surface area (Å²) in [5, 5.41) is -0.0984. The lowest BCUT2D eigenvalue weighted by Crippen LogP contribution is -2.06. The number of methoxy groups -OCH3 is 1. The average Bonchev–Trinajstić information content (AvgIpc) is 2.68. The zero-order chi connectivity index (χ0) is 13.1. The number of fused-ring (bicyclic) bond motifs is 1. The summed E-state index contributed by atoms with van der Waals surface area (Å²) in [5.41, 5.74) is 2.10. The molecular weight excluding hydrogens is 316 g/mol. The SMILES string of the molecule is COCCCn1c(C(C)Cl)nc2ccc(Br)cc21. The molecule has 0 fully saturated rings. The molecule has 0 bridgehead atoms. The van der Waals surface area contributed by atoms with Gasteiger partial charge in [-0.15, -0.1) is 11.6 Å². The van der Waals surface area contributed by atoms with Gasteiger partial charge in [-0.25, -0.2) is 4.98 Å². The summed E-state index contributed by atoms with van der Waals surface area (Å²) >= 11 is 9.70. The summed E-state index contributed by atoms with van der Waals surface area (Å²) < 4.78 is 8.33. The van der Waals surface area contributed by atoms with Gasteiger partial charge in [0.25, 0.3) is 0 Å². The van der Waals surface area contributed by atoms with Crippen molar-refractivity contribution in [2.45, 2.75) is 25.3 Å². The molecule has 0 aliphatic rings. The first kappa shape index (κ1) is 13.8. The maximum atomic E-state index is 6.21. The first-order valence-corrected chi connectivity index (χ1v) is 7.15. The highest BCUT2D eigenvalue weighted by Crippen LogP contribution is 2.26. The van der Waals surface area contributed by atoms with E-state index < -0.39 is 0 Å². The van der Waals surface area contributed by atoms with Crippen LogP contribution in [0.25, 0.3) is 11.0 Å². The van der Waals surface area contributed by atoms with Crippen molar-refractivity contribution >= 4 is 38.6 Å². The van der Waals surface area contributed by atoms with Gasteiger partial charge in [0.05, 0.1) is 16.4 Å². The molecule has 0 radical (unpaired) electrons. The van der Waals surface area contributed by atoms with E-state index in [1.54, 1.807) is 7.11 Å². The molecule has 1 aromatic heterocycles. The fraction of sp³-hybridized carbons (Fsp3) is 0.462. The average molecular weight is 332 g/mol. The number of alkyl halides is 1. The Morgan fingerprint density at radius 2 is 2.28 bits per heavy atom. The maximum absolute atomic E-state index is 6.21. The fourth-order valence-corrected chi connectivity index (χ4v) is 2.54. The molecule has 1 heterocycles. The van der Waals surface area contributed by atoms with Gasteiger partial charge < -0.3 is 9.30 Å². The third kappa shape index (κ3) is 2.87. The van der Waals surface area contributed by atoms with Crippen LogP contribution in [0.15, 0.2) is 22.7 Å². The summed E-state index contributed by atoms with van der Waals surface area (Å²) in [6, 6.07) is 6.09. The molecule has 2 aromatic rings. The minimum atomic E-state index is -0.0984. The lowest BCUT2D eigenvalue weighted by atomic mass is 10.3. The van der Waals surface area contributed by atoms with Crippen LogP contribution in [0, 0.1) is 0 Å². The lowest BCUT2D eigenvalue weighted by molar-refractivity contribution is 0.190. The molecule has 1 unspecified atom stereocenters. The van der Waals surface area contributed by atoms with Crippen LogP contribution < -0.4 is 0 Å². The van der Waals surface area contributed by atoms with Crippen molar-refractivity contribution in [1.82, 2.24) is 9.55 Å². The topological polar surface area (TPSA) is 27.1 Å². The van der Waals surface area contributed by atoms with Gasteiger partial charge in [-0.3, -0.25) is 0 Å². The fourth-order valence-electron chi connectivity index (χ4n) is 2.02. The zero-order valence-corrected chi connectivity index (χ0v) is 12.8. The quantitative estimate of drug-likeness (QED) is 0.608. The van der Waals surface area contributed by atoms with Gasteiger partial charge in [0.2, 0.25) is 0 Å². The molecule has 1 atom stereocenters. The first-order chi connectivity index (χ1) is 8.63. The molecule has 98 valence electrons. The lowest BCUT2D eigenvalue weighted by Gasteiger charge is -2.10. The molecule has 2 rings (SSSR count). The Morgan fingerprint density at radius 1 is 1.50 bits per heavy atom. The summed E-state index contributed by atoms with van der Waals surface area (Å²) in [5.74, 6) is 0.917. The second kappa shape index (κ2) is 6.04. The number of aryl methyl sites for hydroxylation is 1. The second-order valence-electron chi connectivity index (χ2n) is 4.22. The molecule has 0 saturated heterocycles. The second-order valence-corrected chi connectivity index (χ2v) is 5.79. The van der Waals surface area contributed by atoms with E-state index in [4.69, 9.17) is 16.3 Å². The summed E-state index contributed by atoms with van der Waals surface area (Å²) in [6.07, 6.45) is 0.949. The Balaban J connectivity index is 2.43. The maximum Gasteiger partial charge on any atom is 0.127 e. The van der Waals surface area contributed by atoms with E-state index in [1.165, 1.54) is 0 Å². The Labute approximate surface area is 120 Å². The number of nitrogens with zero attached hydrogens (tertiary/aromatic N) is 2. The first-order valence-electron chi connectivity index (χ1n) is 5.92. The van der Waals surface area contributed by atoms with Gasteiger partial charge in [-0.1, -0.05) is 15.9 Å². The number of hydrogen-bond donors (Lipinski definition) is 0. The van der Waals surface area contributed by atoms with Crippen molar-refractivity contribution in [3.8, 4) is 0 Å². The van der Waals surface area contributed by atoms with Gasteiger partial charge in [0.1, 0.15) is 5.82 Å². The Morgan fingerprint density at radius 3 is 2.94 bits per heavy atom. The predicted octanol–water partition coefficient (Wildman–Crippen LogP) is 4.14. The molecule has 3 nitrogen and oxygen atoms in total. The number of halogens is 2. The normalized spacial score (nSPS) is 13.1. The van der Waals surface area contributed by atoms with Crippen LogP contribution in [-0.2, 0) is 11.3 Å². The summed E-state index contributed by atoms with van der Waals surface area (Å²) in [6.45, 7) is 3.56. The van der Waals surface area contributed by atoms with E-state index in [2.05, 4.69) is 31.5 Å². The van der Waals surface area contributed by atoms with E-state index >= 15 is 0 Å². The Hall–Kier alpha value is -0.580. The minimum absolute atomic E-state index is 0.0984. The van der Waals surface area contributed by atoms with Gasteiger partial charge >= 0.3 is 0 Å². The highest BCUT2D eigenvalue weighted by molar-refractivity contribution is 9.10. The number of ether oxygens (including phenoxy) is 1. The van der Waals surface area contributed by atoms with E-state index in [9.17, 15) is 0 Å². The molecule has 1 aromatic carbocycles. The van der Waals surface area contributed by atoms with Crippen LogP contribution in [0.5, 0.6) is 0 Å². The van der Waals surface area contributed by atoms with Crippen molar-refractivity contribution in [3.05, 3.63) is 28.5 Å². The van der Waals surface area contributed by atoms with Gasteiger partial charge in [-0.2, -0.15) is 0 Å². The zero-order valence-electron chi connectivity index (χ0n) is 10.5. The third-order valence-electron chi connectivity index (χ3n) is 2.83. The molecule has 0 amide bonds. The molecule has 0 aliphatic carbocycles. The largest absolute Gasteiger partial charge is 0.385 e. The third-order valence-corrected chi connectivity index (χ3v) is 3.51. The van der Waals surface area contributed by atoms with Crippen molar-refractivity contribution in [1.29, 1.82) is 0 Å². The van der Waals surface area contributed by atoms with Gasteiger partial charge in [0, 0.05) is 24.7 Å². The van der Waals surface area contributed by atoms with E-state index in [-0.39, 0.29) is 5.38 Å². The van der Waals surface area contributed by atoms with Crippen LogP contribution in [0.1, 0.15) is 24.5 Å². The van der Waals surface area contributed by atoms with Crippen LogP contribution in [0.2, 0.25) is 0 Å². The molecule has 18 heavy (non-hydrogen) atoms. The highest BCUT2D eigenvalue weighted by atomic mass is 79.9. The van der Waals surface area contributed by atoms with Crippen molar-refractivity contribution < 1.29 is 4.74 Å². The van der Waals surface area contributed by atoms with Gasteiger partial charge in [-0.05, 0) is 31.5 Å². The molecule has 0 aliphatic heterocycles. The molecule has 0 spiro atoms. The molecular formula is C13H16BrClN2O. The van der Waals surface area contributed by atoms with E-state index in [0.717, 1.165) is 40.9 Å². The van der Waals surface area contributed by atoms with Crippen molar-refractivity contribution in [2.75, 3.05) is 13.7 Å². The predicted molar refractivity (Wildman–Crippen MR) is 78.2 cm³/mol. The van der Waals surface area contributed by atoms with Crippen molar-refractivity contribution in [2.24, 2.45) is 0 Å². The smallest absolute Gasteiger partial charge is 0.127 e. The minimum Gasteiger partial charge on any atom is -0.385 e. The molecule has 5 heteroatoms. The van der Waals surface area contributed by atoms with E-state index in [1.807, 2.05) is 19.1 Å². The van der Waals surface area contributed by atoms with Gasteiger partial charge in [0.15, 0.2) is 0 Å². The summed E-state index contributed by atoms with van der Waals surface area (Å²) in [7, 11) is 1.72. The number of aromatic nitrogens is 2. The molecule has 0 N–H and O–H groups in total. The monoisotopic (exact) mass is 330 g/mol. The number of benzene rings is 1. The van der Waals surface area contributed by atoms with Crippen molar-refractivity contribution in [3.63, 3.8) is 0 Å². The molecule has 0 saturated carbocycles. The van der Waals surface area contributed by atoms with Crippen LogP contribution in [0.4, 0.5) is 0 Å². The number of imidazole rings is 1. The van der Waals surface area contributed by atoms with Crippen LogP contribution in [-0.4, -0.2) is 23.3 Å². The van der Waals surface area contributed by atoms with E-state index in [0.29, 0.717) is 0 Å². The Kier molecular flexibility index (Phi) is 4.65. The summed E-state index contributed by atoms with van der Waals surface area (Å²) in [4.78, 5) is 4.60.